The second-order valence-electron chi connectivity index (χ2n) is 4.12. The molecule has 0 spiro atoms. The summed E-state index contributed by atoms with van der Waals surface area (Å²) in [4.78, 5) is 0.184. The Kier molecular flexibility index (Phi) is 6.10. The minimum absolute atomic E-state index is 0.184. The summed E-state index contributed by atoms with van der Waals surface area (Å²) in [7, 11) is -2.08. The van der Waals surface area contributed by atoms with Crippen LogP contribution in [0.4, 0.5) is 0 Å². The number of sulfonamides is 1. The van der Waals surface area contributed by atoms with Crippen LogP contribution in [-0.2, 0) is 15.9 Å². The van der Waals surface area contributed by atoms with Crippen molar-refractivity contribution in [1.82, 2.24) is 4.31 Å². The largest absolute Gasteiger partial charge is 0.495 e. The molecular formula is C13H20ClNO3S. The molecule has 6 heteroatoms. The zero-order valence-corrected chi connectivity index (χ0v) is 13.1. The fourth-order valence-electron chi connectivity index (χ4n) is 1.84. The highest BCUT2D eigenvalue weighted by Gasteiger charge is 2.26. The molecule has 1 aromatic carbocycles. The van der Waals surface area contributed by atoms with Gasteiger partial charge in [0.05, 0.1) is 7.11 Å². The van der Waals surface area contributed by atoms with E-state index in [1.165, 1.54) is 11.4 Å². The summed E-state index contributed by atoms with van der Waals surface area (Å²) in [5, 5.41) is 0. The van der Waals surface area contributed by atoms with Crippen LogP contribution in [-0.4, -0.2) is 32.9 Å². The van der Waals surface area contributed by atoms with Gasteiger partial charge in [0.2, 0.25) is 10.0 Å². The lowest BCUT2D eigenvalue weighted by Gasteiger charge is -2.21. The average Bonchev–Trinajstić information content (AvgIpc) is 2.43. The average molecular weight is 306 g/mol. The molecule has 4 nitrogen and oxygen atoms in total. The van der Waals surface area contributed by atoms with E-state index in [0.29, 0.717) is 18.8 Å². The van der Waals surface area contributed by atoms with Crippen molar-refractivity contribution in [3.05, 3.63) is 23.8 Å². The predicted octanol–water partition coefficient (Wildman–Crippen LogP) is 2.85. The smallest absolute Gasteiger partial charge is 0.246 e. The van der Waals surface area contributed by atoms with E-state index in [1.54, 1.807) is 18.2 Å². The Morgan fingerprint density at radius 3 is 2.47 bits per heavy atom. The van der Waals surface area contributed by atoms with E-state index < -0.39 is 10.0 Å². The van der Waals surface area contributed by atoms with E-state index in [-0.39, 0.29) is 10.8 Å². The van der Waals surface area contributed by atoms with Crippen LogP contribution >= 0.6 is 11.6 Å². The van der Waals surface area contributed by atoms with Crippen LogP contribution in [0.25, 0.3) is 0 Å². The van der Waals surface area contributed by atoms with Crippen molar-refractivity contribution in [1.29, 1.82) is 0 Å². The molecule has 0 saturated heterocycles. The third-order valence-corrected chi connectivity index (χ3v) is 5.13. The molecule has 0 bridgehead atoms. The fraction of sp³-hybridized carbons (Fsp3) is 0.538. The summed E-state index contributed by atoms with van der Waals surface area (Å²) in [5.41, 5.74) is 0.758. The first-order chi connectivity index (χ1) is 9.01. The van der Waals surface area contributed by atoms with Gasteiger partial charge < -0.3 is 4.74 Å². The fourth-order valence-corrected chi connectivity index (χ4v) is 3.76. The van der Waals surface area contributed by atoms with Crippen molar-refractivity contribution in [3.8, 4) is 5.75 Å². The molecule has 0 unspecified atom stereocenters. The lowest BCUT2D eigenvalue weighted by atomic mass is 10.2. The Morgan fingerprint density at radius 2 is 2.00 bits per heavy atom. The van der Waals surface area contributed by atoms with Gasteiger partial charge >= 0.3 is 0 Å². The van der Waals surface area contributed by atoms with Crippen LogP contribution < -0.4 is 4.74 Å². The van der Waals surface area contributed by atoms with E-state index in [9.17, 15) is 8.42 Å². The second kappa shape index (κ2) is 7.12. The van der Waals surface area contributed by atoms with Crippen molar-refractivity contribution in [2.45, 2.75) is 31.0 Å². The highest BCUT2D eigenvalue weighted by atomic mass is 35.5. The molecule has 108 valence electrons. The normalized spacial score (nSPS) is 11.8. The van der Waals surface area contributed by atoms with Gasteiger partial charge in [-0.15, -0.1) is 11.6 Å². The zero-order valence-electron chi connectivity index (χ0n) is 11.5. The van der Waals surface area contributed by atoms with Crippen LogP contribution in [0.5, 0.6) is 5.75 Å². The second-order valence-corrected chi connectivity index (χ2v) is 6.29. The molecule has 0 aromatic heterocycles. The van der Waals surface area contributed by atoms with Gasteiger partial charge in [-0.2, -0.15) is 4.31 Å². The summed E-state index contributed by atoms with van der Waals surface area (Å²) in [6, 6.07) is 4.99. The number of nitrogens with zero attached hydrogens (tertiary/aromatic N) is 1. The molecule has 19 heavy (non-hydrogen) atoms. The van der Waals surface area contributed by atoms with Crippen molar-refractivity contribution in [2.24, 2.45) is 0 Å². The number of alkyl halides is 1. The number of benzene rings is 1. The number of halogens is 1. The molecular weight excluding hydrogens is 286 g/mol. The minimum atomic E-state index is -3.54. The summed E-state index contributed by atoms with van der Waals surface area (Å²) in [6.45, 7) is 4.70. The predicted molar refractivity (Wildman–Crippen MR) is 77.3 cm³/mol. The van der Waals surface area contributed by atoms with Crippen LogP contribution in [0, 0.1) is 0 Å². The van der Waals surface area contributed by atoms with Crippen LogP contribution in [0.3, 0.4) is 0 Å². The third-order valence-electron chi connectivity index (χ3n) is 2.83. The summed E-state index contributed by atoms with van der Waals surface area (Å²) in [6.07, 6.45) is 0.768. The Hall–Kier alpha value is -0.780. The maximum absolute atomic E-state index is 12.6. The van der Waals surface area contributed by atoms with Gasteiger partial charge in [0.1, 0.15) is 10.6 Å². The molecule has 0 aliphatic heterocycles. The quantitative estimate of drug-likeness (QED) is 0.728. The van der Waals surface area contributed by atoms with Crippen molar-refractivity contribution in [3.63, 3.8) is 0 Å². The third kappa shape index (κ3) is 3.61. The van der Waals surface area contributed by atoms with E-state index >= 15 is 0 Å². The first-order valence-electron chi connectivity index (χ1n) is 6.24. The molecule has 0 N–H and O–H groups in total. The van der Waals surface area contributed by atoms with Gasteiger partial charge in [0.25, 0.3) is 0 Å². The number of methoxy groups -OCH3 is 1. The maximum Gasteiger partial charge on any atom is 0.246 e. The Bertz CT molecular complexity index is 517. The molecule has 0 aliphatic rings. The van der Waals surface area contributed by atoms with Gasteiger partial charge in [0, 0.05) is 19.0 Å². The van der Waals surface area contributed by atoms with Gasteiger partial charge in [-0.25, -0.2) is 8.42 Å². The lowest BCUT2D eigenvalue weighted by molar-refractivity contribution is 0.392. The molecule has 0 fully saturated rings. The van der Waals surface area contributed by atoms with Gasteiger partial charge in [-0.1, -0.05) is 19.9 Å². The topological polar surface area (TPSA) is 46.6 Å². The molecule has 0 amide bonds. The van der Waals surface area contributed by atoms with Crippen molar-refractivity contribution >= 4 is 21.6 Å². The van der Waals surface area contributed by atoms with Crippen LogP contribution in [0.2, 0.25) is 0 Å². The van der Waals surface area contributed by atoms with E-state index in [0.717, 1.165) is 12.0 Å². The molecule has 0 saturated carbocycles. The molecule has 0 radical (unpaired) electrons. The molecule has 0 heterocycles. The highest BCUT2D eigenvalue weighted by Crippen LogP contribution is 2.28. The molecule has 1 aromatic rings. The van der Waals surface area contributed by atoms with E-state index in [4.69, 9.17) is 16.3 Å². The molecule has 1 rings (SSSR count). The zero-order chi connectivity index (χ0) is 14.5. The monoisotopic (exact) mass is 305 g/mol. The maximum atomic E-state index is 12.6. The van der Waals surface area contributed by atoms with E-state index in [1.807, 2.05) is 13.8 Å². The Labute approximate surface area is 120 Å². The Balaban J connectivity index is 3.32. The molecule has 0 atom stereocenters. The SMILES string of the molecule is CCCN(CC)S(=O)(=O)c1cc(CCl)ccc1OC. The first kappa shape index (κ1) is 16.3. The number of rotatable bonds is 7. The lowest BCUT2D eigenvalue weighted by Crippen LogP contribution is -2.32. The van der Waals surface area contributed by atoms with Gasteiger partial charge in [-0.05, 0) is 24.1 Å². The first-order valence-corrected chi connectivity index (χ1v) is 8.21. The Morgan fingerprint density at radius 1 is 1.32 bits per heavy atom. The van der Waals surface area contributed by atoms with Crippen molar-refractivity contribution in [2.75, 3.05) is 20.2 Å². The van der Waals surface area contributed by atoms with E-state index in [2.05, 4.69) is 0 Å². The highest BCUT2D eigenvalue weighted by molar-refractivity contribution is 7.89. The number of ether oxygens (including phenoxy) is 1. The van der Waals surface area contributed by atoms with Crippen molar-refractivity contribution < 1.29 is 13.2 Å². The summed E-state index contributed by atoms with van der Waals surface area (Å²) < 4.78 is 31.8. The minimum Gasteiger partial charge on any atom is -0.495 e. The number of hydrogen-bond acceptors (Lipinski definition) is 3. The summed E-state index contributed by atoms with van der Waals surface area (Å²) >= 11 is 5.77. The van der Waals surface area contributed by atoms with Crippen LogP contribution in [0.15, 0.2) is 23.1 Å². The standard InChI is InChI=1S/C13H20ClNO3S/c1-4-8-15(5-2)19(16,17)13-9-11(10-14)6-7-12(13)18-3/h6-7,9H,4-5,8,10H2,1-3H3. The summed E-state index contributed by atoms with van der Waals surface area (Å²) in [5.74, 6) is 0.621. The molecule has 0 aliphatic carbocycles. The van der Waals surface area contributed by atoms with Crippen LogP contribution in [0.1, 0.15) is 25.8 Å². The van der Waals surface area contributed by atoms with Gasteiger partial charge in [-0.3, -0.25) is 0 Å². The van der Waals surface area contributed by atoms with Gasteiger partial charge in [0.15, 0.2) is 0 Å². The number of hydrogen-bond donors (Lipinski definition) is 0.